The van der Waals surface area contributed by atoms with E-state index in [-0.39, 0.29) is 23.0 Å². The van der Waals surface area contributed by atoms with Gasteiger partial charge in [-0.1, -0.05) is 6.07 Å². The number of sulfonamides is 1. The Morgan fingerprint density at radius 3 is 2.38 bits per heavy atom. The van der Waals surface area contributed by atoms with E-state index in [1.165, 1.54) is 7.05 Å². The molecule has 0 spiro atoms. The third kappa shape index (κ3) is 3.74. The summed E-state index contributed by atoms with van der Waals surface area (Å²) in [6, 6.07) is 3.35. The predicted octanol–water partition coefficient (Wildman–Crippen LogP) is 0.936. The third-order valence-electron chi connectivity index (χ3n) is 3.52. The first-order valence-electron chi connectivity index (χ1n) is 6.60. The zero-order chi connectivity index (χ0) is 16.4. The van der Waals surface area contributed by atoms with Crippen molar-refractivity contribution in [1.29, 1.82) is 0 Å². The van der Waals surface area contributed by atoms with Gasteiger partial charge in [0, 0.05) is 13.6 Å². The molecule has 21 heavy (non-hydrogen) atoms. The van der Waals surface area contributed by atoms with Crippen LogP contribution in [0.5, 0.6) is 0 Å². The van der Waals surface area contributed by atoms with Crippen molar-refractivity contribution >= 4 is 21.6 Å². The van der Waals surface area contributed by atoms with Crippen molar-refractivity contribution in [3.05, 3.63) is 23.3 Å². The van der Waals surface area contributed by atoms with Crippen LogP contribution < -0.4 is 15.8 Å². The number of nitrogens with two attached hydrogens (primary N) is 1. The van der Waals surface area contributed by atoms with E-state index in [0.717, 1.165) is 5.56 Å². The Kier molecular flexibility index (Phi) is 5.01. The lowest BCUT2D eigenvalue weighted by Gasteiger charge is -2.23. The predicted molar refractivity (Wildman–Crippen MR) is 83.4 cm³/mol. The van der Waals surface area contributed by atoms with Crippen molar-refractivity contribution in [3.63, 3.8) is 0 Å². The highest BCUT2D eigenvalue weighted by molar-refractivity contribution is 7.89. The minimum Gasteiger partial charge on any atom is -0.398 e. The number of nitrogen functional groups attached to an aromatic ring is 1. The summed E-state index contributed by atoms with van der Waals surface area (Å²) in [4.78, 5) is 11.8. The van der Waals surface area contributed by atoms with Gasteiger partial charge in [0.25, 0.3) is 0 Å². The molecule has 0 bridgehead atoms. The highest BCUT2D eigenvalue weighted by Gasteiger charge is 2.30. The van der Waals surface area contributed by atoms with Crippen LogP contribution in [0.1, 0.15) is 25.0 Å². The molecule has 0 radical (unpaired) electrons. The summed E-state index contributed by atoms with van der Waals surface area (Å²) < 4.78 is 27.4. The molecule has 118 valence electrons. The molecule has 1 aromatic rings. The normalized spacial score (nSPS) is 12.2. The molecule has 6 nitrogen and oxygen atoms in total. The van der Waals surface area contributed by atoms with Gasteiger partial charge in [-0.3, -0.25) is 4.79 Å². The Hall–Kier alpha value is -1.60. The largest absolute Gasteiger partial charge is 0.398 e. The van der Waals surface area contributed by atoms with Crippen LogP contribution >= 0.6 is 0 Å². The van der Waals surface area contributed by atoms with Crippen molar-refractivity contribution in [2.75, 3.05) is 19.3 Å². The molecule has 0 aliphatic carbocycles. The number of nitrogens with one attached hydrogen (secondary N) is 2. The van der Waals surface area contributed by atoms with E-state index in [1.54, 1.807) is 32.9 Å². The number of aryl methyl sites for hydroxylation is 1. The van der Waals surface area contributed by atoms with Gasteiger partial charge in [-0.25, -0.2) is 13.1 Å². The average molecular weight is 313 g/mol. The van der Waals surface area contributed by atoms with Crippen LogP contribution in [0.3, 0.4) is 0 Å². The van der Waals surface area contributed by atoms with E-state index in [2.05, 4.69) is 10.0 Å². The van der Waals surface area contributed by atoms with Gasteiger partial charge in [0.15, 0.2) is 0 Å². The van der Waals surface area contributed by atoms with Crippen molar-refractivity contribution in [1.82, 2.24) is 10.0 Å². The molecular weight excluding hydrogens is 290 g/mol. The number of carbonyl (C=O) groups is 1. The summed E-state index contributed by atoms with van der Waals surface area (Å²) in [7, 11) is -2.26. The van der Waals surface area contributed by atoms with Crippen molar-refractivity contribution in [3.8, 4) is 0 Å². The second kappa shape index (κ2) is 6.03. The van der Waals surface area contributed by atoms with Gasteiger partial charge in [0.2, 0.25) is 15.9 Å². The summed E-state index contributed by atoms with van der Waals surface area (Å²) >= 11 is 0. The monoisotopic (exact) mass is 313 g/mol. The molecule has 0 aliphatic heterocycles. The molecule has 0 heterocycles. The summed E-state index contributed by atoms with van der Waals surface area (Å²) in [6.07, 6.45) is 0. The van der Waals surface area contributed by atoms with E-state index < -0.39 is 15.4 Å². The minimum atomic E-state index is -3.77. The lowest BCUT2D eigenvalue weighted by molar-refractivity contribution is -0.128. The van der Waals surface area contributed by atoms with E-state index in [0.29, 0.717) is 5.56 Å². The Morgan fingerprint density at radius 1 is 1.29 bits per heavy atom. The quantitative estimate of drug-likeness (QED) is 0.704. The summed E-state index contributed by atoms with van der Waals surface area (Å²) in [5.41, 5.74) is 6.60. The molecule has 0 saturated heterocycles. The van der Waals surface area contributed by atoms with E-state index in [1.807, 2.05) is 6.92 Å². The number of hydrogen-bond acceptors (Lipinski definition) is 4. The van der Waals surface area contributed by atoms with Crippen LogP contribution in [0.25, 0.3) is 0 Å². The van der Waals surface area contributed by atoms with Crippen LogP contribution in [0.15, 0.2) is 17.0 Å². The van der Waals surface area contributed by atoms with Gasteiger partial charge in [-0.2, -0.15) is 0 Å². The summed E-state index contributed by atoms with van der Waals surface area (Å²) in [5.74, 6) is -0.237. The van der Waals surface area contributed by atoms with Gasteiger partial charge >= 0.3 is 0 Å². The molecule has 7 heteroatoms. The maximum atomic E-state index is 12.5. The minimum absolute atomic E-state index is 0.0121. The first-order chi connectivity index (χ1) is 9.53. The van der Waals surface area contributed by atoms with Gasteiger partial charge in [-0.15, -0.1) is 0 Å². The van der Waals surface area contributed by atoms with Crippen LogP contribution in [-0.2, 0) is 14.8 Å². The van der Waals surface area contributed by atoms with Gasteiger partial charge in [-0.05, 0) is 44.9 Å². The highest BCUT2D eigenvalue weighted by atomic mass is 32.2. The third-order valence-corrected chi connectivity index (χ3v) is 5.13. The molecule has 0 fully saturated rings. The Labute approximate surface area is 126 Å². The maximum absolute atomic E-state index is 12.5. The van der Waals surface area contributed by atoms with E-state index in [4.69, 9.17) is 5.73 Å². The fourth-order valence-electron chi connectivity index (χ4n) is 1.93. The van der Waals surface area contributed by atoms with E-state index >= 15 is 0 Å². The lowest BCUT2D eigenvalue weighted by atomic mass is 9.93. The first kappa shape index (κ1) is 17.5. The molecule has 0 aliphatic rings. The molecular formula is C14H23N3O3S. The average Bonchev–Trinajstić information content (AvgIpc) is 2.40. The summed E-state index contributed by atoms with van der Waals surface area (Å²) in [5, 5.41) is 2.51. The standard InChI is InChI=1S/C14H23N3O3S/c1-9-6-7-11(15)12(10(9)2)21(19,20)17-8-14(3,4)13(18)16-5/h6-7,17H,8,15H2,1-5H3,(H,16,18). The number of benzene rings is 1. The lowest BCUT2D eigenvalue weighted by Crippen LogP contribution is -2.43. The maximum Gasteiger partial charge on any atom is 0.242 e. The number of anilines is 1. The first-order valence-corrected chi connectivity index (χ1v) is 8.09. The number of carbonyl (C=O) groups excluding carboxylic acids is 1. The Morgan fingerprint density at radius 2 is 1.86 bits per heavy atom. The molecule has 1 rings (SSSR count). The Balaban J connectivity index is 3.10. The Bertz CT molecular complexity index is 652. The van der Waals surface area contributed by atoms with Crippen molar-refractivity contribution in [2.24, 2.45) is 5.41 Å². The molecule has 0 aromatic heterocycles. The molecule has 4 N–H and O–H groups in total. The second-order valence-electron chi connectivity index (χ2n) is 5.71. The van der Waals surface area contributed by atoms with Crippen LogP contribution in [0.4, 0.5) is 5.69 Å². The van der Waals surface area contributed by atoms with Gasteiger partial charge in [0.05, 0.1) is 11.1 Å². The topological polar surface area (TPSA) is 101 Å². The van der Waals surface area contributed by atoms with Crippen LogP contribution in [0.2, 0.25) is 0 Å². The molecule has 1 aromatic carbocycles. The number of rotatable bonds is 5. The van der Waals surface area contributed by atoms with Gasteiger partial charge in [0.1, 0.15) is 4.90 Å². The molecule has 0 unspecified atom stereocenters. The second-order valence-corrected chi connectivity index (χ2v) is 7.42. The number of amides is 1. The molecule has 0 saturated carbocycles. The van der Waals surface area contributed by atoms with Gasteiger partial charge < -0.3 is 11.1 Å². The zero-order valence-electron chi connectivity index (χ0n) is 13.1. The molecule has 0 atom stereocenters. The smallest absolute Gasteiger partial charge is 0.242 e. The zero-order valence-corrected chi connectivity index (χ0v) is 13.9. The van der Waals surface area contributed by atoms with E-state index in [9.17, 15) is 13.2 Å². The number of hydrogen-bond donors (Lipinski definition) is 3. The van der Waals surface area contributed by atoms with Crippen LogP contribution in [0, 0.1) is 19.3 Å². The SMILES string of the molecule is CNC(=O)C(C)(C)CNS(=O)(=O)c1c(N)ccc(C)c1C. The fourth-order valence-corrected chi connectivity index (χ4v) is 3.57. The summed E-state index contributed by atoms with van der Waals surface area (Å²) in [6.45, 7) is 6.86. The molecule has 1 amide bonds. The van der Waals surface area contributed by atoms with Crippen LogP contribution in [-0.4, -0.2) is 27.9 Å². The highest BCUT2D eigenvalue weighted by Crippen LogP contribution is 2.25. The fraction of sp³-hybridized carbons (Fsp3) is 0.500. The van der Waals surface area contributed by atoms with Crippen molar-refractivity contribution in [2.45, 2.75) is 32.6 Å². The van der Waals surface area contributed by atoms with Crippen molar-refractivity contribution < 1.29 is 13.2 Å².